The van der Waals surface area contributed by atoms with Crippen LogP contribution in [-0.4, -0.2) is 36.1 Å². The van der Waals surface area contributed by atoms with E-state index in [1.807, 2.05) is 18.0 Å². The number of unbranched alkanes of at least 4 members (excludes halogenated alkanes) is 1. The number of hydrogen-bond acceptors (Lipinski definition) is 7. The van der Waals surface area contributed by atoms with E-state index in [4.69, 9.17) is 10.5 Å². The molecule has 0 aliphatic rings. The van der Waals surface area contributed by atoms with Crippen molar-refractivity contribution in [1.82, 2.24) is 9.97 Å². The molecule has 0 aliphatic heterocycles. The molecule has 1 aromatic heterocycles. The van der Waals surface area contributed by atoms with Crippen molar-refractivity contribution in [1.29, 1.82) is 0 Å². The van der Waals surface area contributed by atoms with Crippen molar-refractivity contribution in [3.8, 4) is 0 Å². The van der Waals surface area contributed by atoms with Gasteiger partial charge in [-0.1, -0.05) is 25.5 Å². The summed E-state index contributed by atoms with van der Waals surface area (Å²) in [5.74, 6) is 0.739. The molecule has 0 fully saturated rings. The number of nitrogens with zero attached hydrogens (tertiary/aromatic N) is 3. The van der Waals surface area contributed by atoms with Gasteiger partial charge >= 0.3 is 5.97 Å². The van der Waals surface area contributed by atoms with Crippen LogP contribution in [0.25, 0.3) is 0 Å². The third-order valence-corrected chi connectivity index (χ3v) is 3.75. The maximum absolute atomic E-state index is 12.1. The van der Waals surface area contributed by atoms with Crippen LogP contribution >= 0.6 is 0 Å². The maximum atomic E-state index is 12.1. The molecule has 1 heterocycles. The second kappa shape index (κ2) is 8.86. The van der Waals surface area contributed by atoms with Gasteiger partial charge in [-0.2, -0.15) is 0 Å². The van der Waals surface area contributed by atoms with E-state index < -0.39 is 5.97 Å². The lowest BCUT2D eigenvalue weighted by molar-refractivity contribution is 0.0527. The van der Waals surface area contributed by atoms with Gasteiger partial charge in [0.1, 0.15) is 12.0 Å². The van der Waals surface area contributed by atoms with Crippen LogP contribution < -0.4 is 16.0 Å². The van der Waals surface area contributed by atoms with Crippen molar-refractivity contribution in [2.24, 2.45) is 0 Å². The van der Waals surface area contributed by atoms with E-state index in [2.05, 4.69) is 22.2 Å². The molecule has 7 heteroatoms. The Morgan fingerprint density at radius 2 is 2.04 bits per heavy atom. The zero-order valence-electron chi connectivity index (χ0n) is 15.0. The molecule has 2 aromatic rings. The van der Waals surface area contributed by atoms with Gasteiger partial charge in [0.2, 0.25) is 0 Å². The Morgan fingerprint density at radius 1 is 1.28 bits per heavy atom. The number of para-hydroxylation sites is 1. The number of anilines is 4. The zero-order valence-corrected chi connectivity index (χ0v) is 15.0. The number of aromatic nitrogens is 2. The highest BCUT2D eigenvalue weighted by molar-refractivity contribution is 5.97. The summed E-state index contributed by atoms with van der Waals surface area (Å²) in [6, 6.07) is 7.10. The lowest BCUT2D eigenvalue weighted by atomic mass is 10.1. The maximum Gasteiger partial charge on any atom is 0.340 e. The van der Waals surface area contributed by atoms with Crippen molar-refractivity contribution in [2.45, 2.75) is 26.7 Å². The first kappa shape index (κ1) is 18.5. The number of carbonyl (C=O) groups is 1. The van der Waals surface area contributed by atoms with Gasteiger partial charge in [-0.25, -0.2) is 14.8 Å². The summed E-state index contributed by atoms with van der Waals surface area (Å²) in [5.41, 5.74) is 7.71. The first-order valence-electron chi connectivity index (χ1n) is 8.43. The number of rotatable bonds is 8. The Bertz CT molecular complexity index is 720. The molecule has 0 unspecified atom stereocenters. The lowest BCUT2D eigenvalue weighted by Crippen LogP contribution is -2.21. The molecular weight excluding hydrogens is 318 g/mol. The number of nitrogens with one attached hydrogen (secondary N) is 1. The molecule has 0 aliphatic carbocycles. The normalized spacial score (nSPS) is 10.4. The molecular formula is C18H25N5O2. The molecule has 0 saturated heterocycles. The van der Waals surface area contributed by atoms with Crippen molar-refractivity contribution in [2.75, 3.05) is 36.1 Å². The molecule has 0 atom stereocenters. The second-order valence-electron chi connectivity index (χ2n) is 5.63. The fraction of sp³-hybridized carbons (Fsp3) is 0.389. The number of ether oxygens (including phenoxy) is 1. The molecule has 25 heavy (non-hydrogen) atoms. The van der Waals surface area contributed by atoms with Crippen LogP contribution in [0.15, 0.2) is 30.6 Å². The summed E-state index contributed by atoms with van der Waals surface area (Å²) in [6.45, 7) is 5.08. The van der Waals surface area contributed by atoms with Gasteiger partial charge in [0.25, 0.3) is 0 Å². The van der Waals surface area contributed by atoms with Crippen LogP contribution in [-0.2, 0) is 4.74 Å². The van der Waals surface area contributed by atoms with Crippen molar-refractivity contribution in [3.63, 3.8) is 0 Å². The lowest BCUT2D eigenvalue weighted by Gasteiger charge is -2.21. The van der Waals surface area contributed by atoms with Crippen molar-refractivity contribution in [3.05, 3.63) is 36.2 Å². The molecule has 0 amide bonds. The summed E-state index contributed by atoms with van der Waals surface area (Å²) in [7, 11) is 1.95. The molecule has 3 N–H and O–H groups in total. The molecule has 7 nitrogen and oxygen atoms in total. The fourth-order valence-electron chi connectivity index (χ4n) is 2.40. The van der Waals surface area contributed by atoms with Gasteiger partial charge in [-0.05, 0) is 25.5 Å². The highest BCUT2D eigenvalue weighted by Crippen LogP contribution is 2.29. The monoisotopic (exact) mass is 343 g/mol. The minimum Gasteiger partial charge on any atom is -0.462 e. The van der Waals surface area contributed by atoms with Crippen LogP contribution in [0, 0.1) is 0 Å². The highest BCUT2D eigenvalue weighted by atomic mass is 16.5. The summed E-state index contributed by atoms with van der Waals surface area (Å²) >= 11 is 0. The predicted octanol–water partition coefficient (Wildman–Crippen LogP) is 3.22. The topological polar surface area (TPSA) is 93.4 Å². The largest absolute Gasteiger partial charge is 0.462 e. The fourth-order valence-corrected chi connectivity index (χ4v) is 2.40. The van der Waals surface area contributed by atoms with Crippen LogP contribution in [0.1, 0.15) is 37.0 Å². The van der Waals surface area contributed by atoms with Crippen LogP contribution in [0.5, 0.6) is 0 Å². The zero-order chi connectivity index (χ0) is 18.2. The SMILES string of the molecule is CCCCN(C)c1ncnc(Nc2ccccc2C(=O)OCC)c1N. The van der Waals surface area contributed by atoms with E-state index in [-0.39, 0.29) is 0 Å². The Labute approximate surface area is 148 Å². The van der Waals surface area contributed by atoms with Crippen LogP contribution in [0.3, 0.4) is 0 Å². The van der Waals surface area contributed by atoms with Crippen LogP contribution in [0.4, 0.5) is 23.0 Å². The quantitative estimate of drug-likeness (QED) is 0.711. The smallest absolute Gasteiger partial charge is 0.340 e. The third-order valence-electron chi connectivity index (χ3n) is 3.75. The summed E-state index contributed by atoms with van der Waals surface area (Å²) < 4.78 is 5.09. The number of benzene rings is 1. The minimum atomic E-state index is -0.390. The average molecular weight is 343 g/mol. The standard InChI is InChI=1S/C18H25N5O2/c1-4-6-11-23(3)17-15(19)16(20-12-21-17)22-14-10-8-7-9-13(14)18(24)25-5-2/h7-10,12H,4-6,11,19H2,1-3H3,(H,20,21,22). The first-order chi connectivity index (χ1) is 12.1. The van der Waals surface area contributed by atoms with E-state index in [9.17, 15) is 4.79 Å². The number of esters is 1. The summed E-state index contributed by atoms with van der Waals surface area (Å²) in [4.78, 5) is 22.6. The van der Waals surface area contributed by atoms with E-state index in [1.165, 1.54) is 6.33 Å². The Kier molecular flexibility index (Phi) is 6.56. The minimum absolute atomic E-state index is 0.315. The van der Waals surface area contributed by atoms with Gasteiger partial charge in [0.15, 0.2) is 11.6 Å². The molecule has 2 rings (SSSR count). The average Bonchev–Trinajstić information content (AvgIpc) is 2.62. The summed E-state index contributed by atoms with van der Waals surface area (Å²) in [5, 5.41) is 3.13. The van der Waals surface area contributed by atoms with Gasteiger partial charge in [-0.3, -0.25) is 0 Å². The molecule has 0 bridgehead atoms. The van der Waals surface area contributed by atoms with E-state index in [1.54, 1.807) is 25.1 Å². The molecule has 0 radical (unpaired) electrons. The van der Waals surface area contributed by atoms with E-state index in [0.717, 1.165) is 19.4 Å². The first-order valence-corrected chi connectivity index (χ1v) is 8.43. The van der Waals surface area contributed by atoms with Gasteiger partial charge in [0, 0.05) is 13.6 Å². The molecule has 0 saturated carbocycles. The Hall–Kier alpha value is -2.83. The number of hydrogen-bond donors (Lipinski definition) is 2. The number of nitrogens with two attached hydrogens (primary N) is 1. The third kappa shape index (κ3) is 4.59. The van der Waals surface area contributed by atoms with Gasteiger partial charge in [0.05, 0.1) is 17.9 Å². The van der Waals surface area contributed by atoms with E-state index >= 15 is 0 Å². The summed E-state index contributed by atoms with van der Waals surface area (Å²) in [6.07, 6.45) is 3.60. The predicted molar refractivity (Wildman–Crippen MR) is 100 cm³/mol. The highest BCUT2D eigenvalue weighted by Gasteiger charge is 2.16. The number of nitrogen functional groups attached to an aromatic ring is 1. The Morgan fingerprint density at radius 3 is 2.76 bits per heavy atom. The van der Waals surface area contributed by atoms with Crippen LogP contribution in [0.2, 0.25) is 0 Å². The molecule has 0 spiro atoms. The Balaban J connectivity index is 2.28. The van der Waals surface area contributed by atoms with Gasteiger partial charge < -0.3 is 20.7 Å². The van der Waals surface area contributed by atoms with Gasteiger partial charge in [-0.15, -0.1) is 0 Å². The van der Waals surface area contributed by atoms with Crippen molar-refractivity contribution >= 4 is 29.0 Å². The molecule has 134 valence electrons. The second-order valence-corrected chi connectivity index (χ2v) is 5.63. The van der Waals surface area contributed by atoms with Crippen molar-refractivity contribution < 1.29 is 9.53 Å². The number of carbonyl (C=O) groups excluding carboxylic acids is 1. The molecule has 1 aromatic carbocycles. The van der Waals surface area contributed by atoms with E-state index in [0.29, 0.717) is 35.2 Å².